The molecule has 4 saturated carbocycles. The van der Waals surface area contributed by atoms with Gasteiger partial charge in [0.15, 0.2) is 5.60 Å². The summed E-state index contributed by atoms with van der Waals surface area (Å²) in [7, 11) is 0. The van der Waals surface area contributed by atoms with Crippen LogP contribution in [0.15, 0.2) is 0 Å². The third-order valence-corrected chi connectivity index (χ3v) is 7.16. The second-order valence-electron chi connectivity index (χ2n) is 9.00. The van der Waals surface area contributed by atoms with Crippen LogP contribution in [0.4, 0.5) is 13.2 Å². The number of halogens is 3. The van der Waals surface area contributed by atoms with Gasteiger partial charge < -0.3 is 10.0 Å². The normalized spacial score (nSPS) is 40.8. The lowest BCUT2D eigenvalue weighted by atomic mass is 9.49. The van der Waals surface area contributed by atoms with E-state index in [9.17, 15) is 23.1 Å². The molecule has 24 heavy (non-hydrogen) atoms. The monoisotopic (exact) mass is 345 g/mol. The van der Waals surface area contributed by atoms with Crippen molar-refractivity contribution in [3.05, 3.63) is 0 Å². The van der Waals surface area contributed by atoms with E-state index >= 15 is 0 Å². The zero-order chi connectivity index (χ0) is 17.2. The number of likely N-dealkylation sites (tertiary alicyclic amines) is 1. The van der Waals surface area contributed by atoms with Crippen LogP contribution < -0.4 is 0 Å². The molecule has 1 aliphatic heterocycles. The Labute approximate surface area is 140 Å². The summed E-state index contributed by atoms with van der Waals surface area (Å²) in [5.74, 6) is 2.29. The Bertz CT molecular complexity index is 488. The van der Waals surface area contributed by atoms with Crippen LogP contribution in [0.3, 0.4) is 0 Å². The molecule has 0 aromatic rings. The summed E-state index contributed by atoms with van der Waals surface area (Å²) in [5.41, 5.74) is -2.51. The Morgan fingerprint density at radius 1 is 1.00 bits per heavy atom. The maximum absolute atomic E-state index is 12.9. The number of alkyl halides is 3. The molecule has 3 nitrogen and oxygen atoms in total. The van der Waals surface area contributed by atoms with Crippen LogP contribution in [0.2, 0.25) is 0 Å². The highest BCUT2D eigenvalue weighted by atomic mass is 19.4. The first-order chi connectivity index (χ1) is 11.2. The quantitative estimate of drug-likeness (QED) is 0.832. The van der Waals surface area contributed by atoms with Crippen molar-refractivity contribution in [2.24, 2.45) is 23.2 Å². The van der Waals surface area contributed by atoms with E-state index in [0.717, 1.165) is 37.0 Å². The highest BCUT2D eigenvalue weighted by Gasteiger charge is 2.56. The summed E-state index contributed by atoms with van der Waals surface area (Å²) in [4.78, 5) is 14.3. The number of rotatable bonds is 2. The number of piperidine rings is 1. The molecule has 0 aromatic heterocycles. The van der Waals surface area contributed by atoms with Crippen LogP contribution in [-0.2, 0) is 4.79 Å². The second-order valence-corrected chi connectivity index (χ2v) is 9.00. The van der Waals surface area contributed by atoms with Gasteiger partial charge in [0, 0.05) is 32.4 Å². The average Bonchev–Trinajstić information content (AvgIpc) is 2.44. The van der Waals surface area contributed by atoms with Gasteiger partial charge in [-0.15, -0.1) is 0 Å². The maximum atomic E-state index is 12.9. The molecule has 1 N–H and O–H groups in total. The smallest absolute Gasteiger partial charge is 0.380 e. The van der Waals surface area contributed by atoms with E-state index in [1.165, 1.54) is 19.3 Å². The number of carbonyl (C=O) groups is 1. The molecule has 1 saturated heterocycles. The summed E-state index contributed by atoms with van der Waals surface area (Å²) in [6.07, 6.45) is 2.43. The van der Waals surface area contributed by atoms with Gasteiger partial charge in [0.2, 0.25) is 5.91 Å². The Hall–Kier alpha value is -0.780. The van der Waals surface area contributed by atoms with E-state index in [2.05, 4.69) is 0 Å². The topological polar surface area (TPSA) is 40.5 Å². The lowest BCUT2D eigenvalue weighted by Crippen LogP contribution is -2.55. The predicted octanol–water partition coefficient (Wildman–Crippen LogP) is 3.51. The van der Waals surface area contributed by atoms with E-state index < -0.39 is 24.6 Å². The van der Waals surface area contributed by atoms with Gasteiger partial charge in [0.1, 0.15) is 0 Å². The van der Waals surface area contributed by atoms with Crippen LogP contribution >= 0.6 is 0 Å². The van der Waals surface area contributed by atoms with E-state index in [4.69, 9.17) is 0 Å². The van der Waals surface area contributed by atoms with Crippen LogP contribution in [0.5, 0.6) is 0 Å². The van der Waals surface area contributed by atoms with Crippen molar-refractivity contribution < 1.29 is 23.1 Å². The number of amides is 1. The van der Waals surface area contributed by atoms with Gasteiger partial charge in [-0.1, -0.05) is 0 Å². The molecular formula is C18H26F3NO2. The van der Waals surface area contributed by atoms with Crippen LogP contribution in [0.25, 0.3) is 0 Å². The van der Waals surface area contributed by atoms with Crippen molar-refractivity contribution in [3.8, 4) is 0 Å². The first-order valence-electron chi connectivity index (χ1n) is 9.25. The number of carbonyl (C=O) groups excluding carboxylic acids is 1. The van der Waals surface area contributed by atoms with Crippen molar-refractivity contribution in [2.75, 3.05) is 13.1 Å². The van der Waals surface area contributed by atoms with Crippen LogP contribution in [0.1, 0.15) is 57.8 Å². The van der Waals surface area contributed by atoms with E-state index in [-0.39, 0.29) is 24.4 Å². The molecule has 0 spiro atoms. The minimum absolute atomic E-state index is 0.00109. The largest absolute Gasteiger partial charge is 0.417 e. The molecule has 5 fully saturated rings. The van der Waals surface area contributed by atoms with Gasteiger partial charge in [0.05, 0.1) is 0 Å². The first kappa shape index (κ1) is 16.7. The third kappa shape index (κ3) is 2.74. The Kier molecular flexibility index (Phi) is 3.72. The lowest BCUT2D eigenvalue weighted by molar-refractivity contribution is -0.272. The van der Waals surface area contributed by atoms with Crippen molar-refractivity contribution in [1.29, 1.82) is 0 Å². The molecule has 5 rings (SSSR count). The van der Waals surface area contributed by atoms with Crippen LogP contribution in [-0.4, -0.2) is 40.8 Å². The fraction of sp³-hybridized carbons (Fsp3) is 0.944. The minimum Gasteiger partial charge on any atom is -0.380 e. The number of nitrogens with zero attached hydrogens (tertiary/aromatic N) is 1. The van der Waals surface area contributed by atoms with Gasteiger partial charge in [-0.3, -0.25) is 4.79 Å². The van der Waals surface area contributed by atoms with Crippen molar-refractivity contribution in [3.63, 3.8) is 0 Å². The molecule has 5 aliphatic rings. The van der Waals surface area contributed by atoms with E-state index in [0.29, 0.717) is 6.42 Å². The predicted molar refractivity (Wildman–Crippen MR) is 82.0 cm³/mol. The SMILES string of the molecule is O=C(CC12CC3CC(CC(C3)C1)C2)N1CCC(O)(C(F)(F)F)CC1. The summed E-state index contributed by atoms with van der Waals surface area (Å²) in [5, 5.41) is 9.75. The summed E-state index contributed by atoms with van der Waals surface area (Å²) >= 11 is 0. The molecular weight excluding hydrogens is 319 g/mol. The number of hydrogen-bond donors (Lipinski definition) is 1. The zero-order valence-electron chi connectivity index (χ0n) is 13.9. The van der Waals surface area contributed by atoms with Crippen LogP contribution in [0, 0.1) is 23.2 Å². The first-order valence-corrected chi connectivity index (χ1v) is 9.25. The van der Waals surface area contributed by atoms with Gasteiger partial charge in [-0.25, -0.2) is 0 Å². The molecule has 4 aliphatic carbocycles. The molecule has 4 bridgehead atoms. The van der Waals surface area contributed by atoms with Crippen molar-refractivity contribution in [2.45, 2.75) is 69.6 Å². The molecule has 0 radical (unpaired) electrons. The highest BCUT2D eigenvalue weighted by Crippen LogP contribution is 2.61. The van der Waals surface area contributed by atoms with Gasteiger partial charge in [-0.2, -0.15) is 13.2 Å². The maximum Gasteiger partial charge on any atom is 0.417 e. The van der Waals surface area contributed by atoms with Crippen molar-refractivity contribution >= 4 is 5.91 Å². The third-order valence-electron chi connectivity index (χ3n) is 7.16. The summed E-state index contributed by atoms with van der Waals surface area (Å²) < 4.78 is 38.7. The molecule has 136 valence electrons. The fourth-order valence-corrected chi connectivity index (χ4v) is 6.35. The lowest BCUT2D eigenvalue weighted by Gasteiger charge is -2.57. The number of aliphatic hydroxyl groups is 1. The van der Waals surface area contributed by atoms with Gasteiger partial charge in [0.25, 0.3) is 0 Å². The Balaban J connectivity index is 1.38. The molecule has 1 amide bonds. The molecule has 0 atom stereocenters. The Morgan fingerprint density at radius 2 is 1.46 bits per heavy atom. The Morgan fingerprint density at radius 3 is 1.88 bits per heavy atom. The van der Waals surface area contributed by atoms with Gasteiger partial charge in [-0.05, 0) is 61.7 Å². The standard InChI is InChI=1S/C18H26F3NO2/c19-18(20,21)17(24)1-3-22(4-2-17)15(23)11-16-8-12-5-13(9-16)7-14(6-12)10-16/h12-14,24H,1-11H2. The summed E-state index contributed by atoms with van der Waals surface area (Å²) in [6.45, 7) is 0.0302. The molecule has 1 heterocycles. The van der Waals surface area contributed by atoms with E-state index in [1.54, 1.807) is 4.90 Å². The van der Waals surface area contributed by atoms with E-state index in [1.807, 2.05) is 0 Å². The fourth-order valence-electron chi connectivity index (χ4n) is 6.35. The summed E-state index contributed by atoms with van der Waals surface area (Å²) in [6, 6.07) is 0. The minimum atomic E-state index is -4.61. The molecule has 6 heteroatoms. The van der Waals surface area contributed by atoms with Gasteiger partial charge >= 0.3 is 6.18 Å². The van der Waals surface area contributed by atoms with Crippen molar-refractivity contribution in [1.82, 2.24) is 4.90 Å². The molecule has 0 unspecified atom stereocenters. The molecule has 0 aromatic carbocycles. The highest BCUT2D eigenvalue weighted by molar-refractivity contribution is 5.77. The average molecular weight is 345 g/mol. The second kappa shape index (κ2) is 5.36. The number of hydrogen-bond acceptors (Lipinski definition) is 2. The zero-order valence-corrected chi connectivity index (χ0v) is 13.9.